The van der Waals surface area contributed by atoms with E-state index < -0.39 is 60.3 Å². The Hall–Kier alpha value is -3.71. The highest BCUT2D eigenvalue weighted by Gasteiger charge is 2.39. The zero-order valence-corrected chi connectivity index (χ0v) is 23.1. The molecular weight excluding hydrogens is 512 g/mol. The third kappa shape index (κ3) is 11.7. The quantitative estimate of drug-likeness (QED) is 0.157. The molecule has 0 radical (unpaired) electrons. The highest BCUT2D eigenvalue weighted by Crippen LogP contribution is 2.16. The number of hydrogen-bond donors (Lipinski definition) is 4. The second kappa shape index (κ2) is 16.3. The molecule has 1 aromatic rings. The van der Waals surface area contributed by atoms with Gasteiger partial charge in [0.25, 0.3) is 5.91 Å². The normalized spacial score (nSPS) is 13.3. The molecule has 0 saturated carbocycles. The largest absolute Gasteiger partial charge is 0.467 e. The summed E-state index contributed by atoms with van der Waals surface area (Å²) in [6.45, 7) is 5.56. The van der Waals surface area contributed by atoms with Crippen LogP contribution in [0.4, 0.5) is 9.59 Å². The molecule has 1 rings (SSSR count). The fourth-order valence-corrected chi connectivity index (χ4v) is 3.36. The van der Waals surface area contributed by atoms with Crippen LogP contribution in [0.15, 0.2) is 30.3 Å². The zero-order valence-electron chi connectivity index (χ0n) is 23.1. The molecule has 3 unspecified atom stereocenters. The molecule has 0 bridgehead atoms. The van der Waals surface area contributed by atoms with Gasteiger partial charge in [-0.25, -0.2) is 19.3 Å². The van der Waals surface area contributed by atoms with Crippen LogP contribution in [0.25, 0.3) is 0 Å². The number of aliphatic hydroxyl groups excluding tert-OH is 1. The number of benzene rings is 1. The Balaban J connectivity index is 3.33. The Labute approximate surface area is 228 Å². The van der Waals surface area contributed by atoms with Gasteiger partial charge >= 0.3 is 18.2 Å². The Morgan fingerprint density at radius 1 is 1.05 bits per heavy atom. The number of nitrogens with one attached hydrogen (secondary N) is 2. The van der Waals surface area contributed by atoms with Crippen molar-refractivity contribution in [1.82, 2.24) is 15.5 Å². The van der Waals surface area contributed by atoms with Crippen LogP contribution in [0, 0.1) is 0 Å². The fourth-order valence-electron chi connectivity index (χ4n) is 3.36. The predicted octanol–water partition coefficient (Wildman–Crippen LogP) is 1.21. The summed E-state index contributed by atoms with van der Waals surface area (Å²) in [5.41, 5.74) is 5.37. The summed E-state index contributed by atoms with van der Waals surface area (Å²) < 4.78 is 15.1. The minimum Gasteiger partial charge on any atom is -0.467 e. The number of carbonyl (C=O) groups is 5. The van der Waals surface area contributed by atoms with Crippen LogP contribution in [-0.4, -0.2) is 84.0 Å². The van der Waals surface area contributed by atoms with E-state index >= 15 is 0 Å². The predicted molar refractivity (Wildman–Crippen MR) is 140 cm³/mol. The average Bonchev–Trinajstić information content (AvgIpc) is 2.88. The molecule has 0 saturated heterocycles. The summed E-state index contributed by atoms with van der Waals surface area (Å²) in [4.78, 5) is 65.0. The zero-order chi connectivity index (χ0) is 29.6. The molecule has 13 nitrogen and oxygen atoms in total. The number of nitrogens with zero attached hydrogens (tertiary/aromatic N) is 1. The number of hydrogen-bond acceptors (Lipinski definition) is 10. The molecule has 0 heterocycles. The van der Waals surface area contributed by atoms with Gasteiger partial charge < -0.3 is 35.7 Å². The van der Waals surface area contributed by atoms with Crippen molar-refractivity contribution in [1.29, 1.82) is 0 Å². The Kier molecular flexibility index (Phi) is 13.9. The number of rotatable bonds is 13. The van der Waals surface area contributed by atoms with Crippen LogP contribution in [0.1, 0.15) is 52.5 Å². The lowest BCUT2D eigenvalue weighted by Gasteiger charge is -2.31. The van der Waals surface area contributed by atoms with Crippen LogP contribution >= 0.6 is 0 Å². The molecule has 0 aliphatic carbocycles. The second-order valence-electron chi connectivity index (χ2n) is 9.68. The van der Waals surface area contributed by atoms with Crippen LogP contribution in [-0.2, 0) is 35.2 Å². The smallest absolute Gasteiger partial charge is 0.417 e. The molecule has 0 aliphatic heterocycles. The number of aliphatic hydroxyl groups is 1. The summed E-state index contributed by atoms with van der Waals surface area (Å²) >= 11 is 0. The fraction of sp³-hybridized carbons (Fsp3) is 0.577. The summed E-state index contributed by atoms with van der Waals surface area (Å²) in [5.74, 6) is -2.78. The number of esters is 1. The summed E-state index contributed by atoms with van der Waals surface area (Å²) in [6, 6.07) is 4.47. The molecule has 0 aromatic heterocycles. The SMILES string of the molecule is COC(=O)C(CO)NC(=O)C(CCCCN)N(C(=O)OCc1ccccc1)C(=O)C(C)NC(=O)OC(C)(C)C. The lowest BCUT2D eigenvalue weighted by atomic mass is 10.1. The van der Waals surface area contributed by atoms with Gasteiger partial charge in [-0.15, -0.1) is 0 Å². The Morgan fingerprint density at radius 2 is 1.69 bits per heavy atom. The molecule has 3 atom stereocenters. The Bertz CT molecular complexity index is 966. The van der Waals surface area contributed by atoms with Gasteiger partial charge in [0.15, 0.2) is 6.04 Å². The number of carbonyl (C=O) groups excluding carboxylic acids is 5. The standard InChI is InChI=1S/C26H40N4O9/c1-17(28-24(35)39-26(2,3)4)22(33)30(25(36)38-16-18-11-7-6-8-12-18)20(13-9-10-14-27)21(32)29-19(15-31)23(34)37-5/h6-8,11-12,17,19-20,31H,9-10,13-16,27H2,1-5H3,(H,28,35)(H,29,32). The number of ether oxygens (including phenoxy) is 3. The van der Waals surface area contributed by atoms with Crippen molar-refractivity contribution in [3.8, 4) is 0 Å². The van der Waals surface area contributed by atoms with Crippen molar-refractivity contribution in [3.63, 3.8) is 0 Å². The molecular formula is C26H40N4O9. The summed E-state index contributed by atoms with van der Waals surface area (Å²) in [7, 11) is 1.08. The van der Waals surface area contributed by atoms with Crippen LogP contribution in [0.2, 0.25) is 0 Å². The van der Waals surface area contributed by atoms with E-state index in [9.17, 15) is 29.1 Å². The molecule has 4 amide bonds. The van der Waals surface area contributed by atoms with Crippen LogP contribution in [0.3, 0.4) is 0 Å². The maximum absolute atomic E-state index is 13.5. The molecule has 39 heavy (non-hydrogen) atoms. The first-order valence-corrected chi connectivity index (χ1v) is 12.6. The number of methoxy groups -OCH3 is 1. The first-order valence-electron chi connectivity index (χ1n) is 12.6. The van der Waals surface area contributed by atoms with Crippen molar-refractivity contribution in [2.45, 2.75) is 77.3 Å². The molecule has 5 N–H and O–H groups in total. The Morgan fingerprint density at radius 3 is 2.23 bits per heavy atom. The van der Waals surface area contributed by atoms with Gasteiger partial charge in [-0.3, -0.25) is 9.59 Å². The van der Waals surface area contributed by atoms with Gasteiger partial charge in [-0.05, 0) is 59.1 Å². The third-order valence-corrected chi connectivity index (χ3v) is 5.27. The van der Waals surface area contributed by atoms with E-state index in [-0.39, 0.29) is 13.0 Å². The highest BCUT2D eigenvalue weighted by atomic mass is 16.6. The van der Waals surface area contributed by atoms with Gasteiger partial charge in [0.2, 0.25) is 5.91 Å². The number of amides is 4. The molecule has 0 aliphatic rings. The van der Waals surface area contributed by atoms with Crippen molar-refractivity contribution < 1.29 is 43.3 Å². The van der Waals surface area contributed by atoms with Crippen molar-refractivity contribution >= 4 is 30.0 Å². The van der Waals surface area contributed by atoms with Crippen molar-refractivity contribution in [2.24, 2.45) is 5.73 Å². The van der Waals surface area contributed by atoms with E-state index in [2.05, 4.69) is 15.4 Å². The van der Waals surface area contributed by atoms with Gasteiger partial charge in [-0.1, -0.05) is 30.3 Å². The molecule has 218 valence electrons. The first kappa shape index (κ1) is 33.3. The number of unbranched alkanes of at least 4 members (excludes halogenated alkanes) is 1. The van der Waals surface area contributed by atoms with Crippen LogP contribution in [0.5, 0.6) is 0 Å². The summed E-state index contributed by atoms with van der Waals surface area (Å²) in [5, 5.41) is 14.2. The summed E-state index contributed by atoms with van der Waals surface area (Å²) in [6.07, 6.45) is -1.28. The molecule has 0 spiro atoms. The maximum atomic E-state index is 13.5. The molecule has 1 aromatic carbocycles. The molecule has 13 heteroatoms. The highest BCUT2D eigenvalue weighted by molar-refractivity contribution is 6.01. The van der Waals surface area contributed by atoms with E-state index in [1.54, 1.807) is 51.1 Å². The minimum absolute atomic E-state index is 0.0340. The number of alkyl carbamates (subject to hydrolysis) is 1. The first-order chi connectivity index (χ1) is 18.3. The third-order valence-electron chi connectivity index (χ3n) is 5.27. The van der Waals surface area contributed by atoms with E-state index in [0.29, 0.717) is 29.8 Å². The van der Waals surface area contributed by atoms with E-state index in [0.717, 1.165) is 7.11 Å². The lowest BCUT2D eigenvalue weighted by Crippen LogP contribution is -2.59. The van der Waals surface area contributed by atoms with Crippen LogP contribution < -0.4 is 16.4 Å². The van der Waals surface area contributed by atoms with Gasteiger partial charge in [0.1, 0.15) is 24.3 Å². The minimum atomic E-state index is -1.46. The maximum Gasteiger partial charge on any atom is 0.417 e. The monoisotopic (exact) mass is 552 g/mol. The van der Waals surface area contributed by atoms with E-state index in [1.165, 1.54) is 6.92 Å². The average molecular weight is 553 g/mol. The van der Waals surface area contributed by atoms with Crippen molar-refractivity contribution in [2.75, 3.05) is 20.3 Å². The second-order valence-corrected chi connectivity index (χ2v) is 9.68. The number of imide groups is 1. The van der Waals surface area contributed by atoms with E-state index in [4.69, 9.17) is 15.2 Å². The van der Waals surface area contributed by atoms with E-state index in [1.807, 2.05) is 0 Å². The van der Waals surface area contributed by atoms with Gasteiger partial charge in [0.05, 0.1) is 13.7 Å². The van der Waals surface area contributed by atoms with Crippen molar-refractivity contribution in [3.05, 3.63) is 35.9 Å². The lowest BCUT2D eigenvalue weighted by molar-refractivity contribution is -0.147. The van der Waals surface area contributed by atoms with Gasteiger partial charge in [0, 0.05) is 0 Å². The van der Waals surface area contributed by atoms with Gasteiger partial charge in [-0.2, -0.15) is 0 Å². The molecule has 0 fully saturated rings. The topological polar surface area (TPSA) is 187 Å². The number of nitrogens with two attached hydrogens (primary N) is 1.